The first-order valence-electron chi connectivity index (χ1n) is 4.65. The molecule has 4 N–H and O–H groups in total. The van der Waals surface area contributed by atoms with E-state index in [9.17, 15) is 4.79 Å². The summed E-state index contributed by atoms with van der Waals surface area (Å²) in [6.07, 6.45) is 1.00. The fraction of sp³-hybridized carbons (Fsp3) is 0.300. The van der Waals surface area contributed by atoms with Crippen LogP contribution in [-0.4, -0.2) is 12.6 Å². The first kappa shape index (κ1) is 9.02. The van der Waals surface area contributed by atoms with E-state index in [1.807, 2.05) is 18.2 Å². The molecule has 74 valence electrons. The lowest BCUT2D eigenvalue weighted by Crippen LogP contribution is -2.24. The summed E-state index contributed by atoms with van der Waals surface area (Å²) in [5.74, 6) is 0. The number of benzene rings is 1. The summed E-state index contributed by atoms with van der Waals surface area (Å²) in [7, 11) is 0. The summed E-state index contributed by atoms with van der Waals surface area (Å²) in [4.78, 5) is 10.6. The summed E-state index contributed by atoms with van der Waals surface area (Å²) in [5.41, 5.74) is 8.40. The first-order chi connectivity index (χ1) is 6.75. The maximum atomic E-state index is 10.6. The van der Waals surface area contributed by atoms with Gasteiger partial charge >= 0.3 is 6.03 Å². The van der Waals surface area contributed by atoms with Crippen LogP contribution in [0.25, 0.3) is 0 Å². The molecule has 1 heterocycles. The minimum absolute atomic E-state index is 0.515. The number of fused-ring (bicyclic) bond motifs is 1. The third kappa shape index (κ3) is 1.85. The molecule has 2 rings (SSSR count). The Hall–Kier alpha value is -1.55. The normalized spacial score (nSPS) is 14.6. The fourth-order valence-electron chi connectivity index (χ4n) is 1.70. The Morgan fingerprint density at radius 1 is 1.43 bits per heavy atom. The molecule has 0 fully saturated rings. The van der Waals surface area contributed by atoms with Gasteiger partial charge in [-0.2, -0.15) is 0 Å². The van der Waals surface area contributed by atoms with Gasteiger partial charge in [0.05, 0.1) is 0 Å². The van der Waals surface area contributed by atoms with Gasteiger partial charge in [0.15, 0.2) is 0 Å². The number of carbonyl (C=O) groups excluding carboxylic acids is 1. The number of hydrogen-bond donors (Lipinski definition) is 3. The molecule has 0 unspecified atom stereocenters. The highest BCUT2D eigenvalue weighted by Gasteiger charge is 2.08. The molecule has 2 amide bonds. The molecule has 0 saturated carbocycles. The molecule has 1 aliphatic rings. The van der Waals surface area contributed by atoms with Gasteiger partial charge in [-0.25, -0.2) is 4.79 Å². The Kier molecular flexibility index (Phi) is 2.37. The molecule has 0 atom stereocenters. The number of urea groups is 1. The largest absolute Gasteiger partial charge is 0.351 e. The monoisotopic (exact) mass is 191 g/mol. The summed E-state index contributed by atoms with van der Waals surface area (Å²) in [5, 5.41) is 5.86. The van der Waals surface area contributed by atoms with Crippen LogP contribution in [0.5, 0.6) is 0 Å². The van der Waals surface area contributed by atoms with Gasteiger partial charge in [0.1, 0.15) is 0 Å². The summed E-state index contributed by atoms with van der Waals surface area (Å²) < 4.78 is 0. The molecule has 0 bridgehead atoms. The quantitative estimate of drug-likeness (QED) is 0.615. The van der Waals surface area contributed by atoms with Gasteiger partial charge in [-0.3, -0.25) is 0 Å². The number of carbonyl (C=O) groups is 1. The zero-order valence-electron chi connectivity index (χ0n) is 7.84. The van der Waals surface area contributed by atoms with E-state index in [0.717, 1.165) is 25.2 Å². The van der Waals surface area contributed by atoms with Crippen LogP contribution in [-0.2, 0) is 13.0 Å². The van der Waals surface area contributed by atoms with Gasteiger partial charge in [-0.05, 0) is 36.2 Å². The van der Waals surface area contributed by atoms with Crippen molar-refractivity contribution in [1.82, 2.24) is 5.32 Å². The van der Waals surface area contributed by atoms with E-state index in [1.54, 1.807) is 0 Å². The number of anilines is 1. The molecular weight excluding hydrogens is 178 g/mol. The average molecular weight is 191 g/mol. The molecule has 0 saturated heterocycles. The van der Waals surface area contributed by atoms with Crippen LogP contribution in [0.1, 0.15) is 11.1 Å². The second kappa shape index (κ2) is 3.67. The van der Waals surface area contributed by atoms with Crippen molar-refractivity contribution in [2.45, 2.75) is 13.0 Å². The van der Waals surface area contributed by atoms with E-state index >= 15 is 0 Å². The highest BCUT2D eigenvalue weighted by atomic mass is 16.2. The highest BCUT2D eigenvalue weighted by Crippen LogP contribution is 2.18. The fourth-order valence-corrected chi connectivity index (χ4v) is 1.70. The molecule has 0 radical (unpaired) electrons. The third-order valence-corrected chi connectivity index (χ3v) is 2.36. The van der Waals surface area contributed by atoms with Gasteiger partial charge in [0, 0.05) is 12.2 Å². The van der Waals surface area contributed by atoms with Crippen molar-refractivity contribution < 1.29 is 4.79 Å². The smallest absolute Gasteiger partial charge is 0.316 e. The number of primary amides is 1. The van der Waals surface area contributed by atoms with E-state index < -0.39 is 6.03 Å². The van der Waals surface area contributed by atoms with Gasteiger partial charge in [0.25, 0.3) is 0 Å². The molecule has 4 heteroatoms. The predicted molar refractivity (Wildman–Crippen MR) is 55.1 cm³/mol. The Morgan fingerprint density at radius 2 is 2.29 bits per heavy atom. The topological polar surface area (TPSA) is 67.2 Å². The van der Waals surface area contributed by atoms with Crippen molar-refractivity contribution in [3.63, 3.8) is 0 Å². The number of nitrogens with one attached hydrogen (secondary N) is 2. The first-order valence-corrected chi connectivity index (χ1v) is 4.65. The number of rotatable bonds is 1. The molecule has 0 spiro atoms. The van der Waals surface area contributed by atoms with E-state index in [0.29, 0.717) is 0 Å². The van der Waals surface area contributed by atoms with Crippen LogP contribution in [0.2, 0.25) is 0 Å². The molecule has 1 aromatic carbocycles. The summed E-state index contributed by atoms with van der Waals surface area (Å²) in [6.45, 7) is 1.90. The van der Waals surface area contributed by atoms with E-state index in [-0.39, 0.29) is 0 Å². The second-order valence-electron chi connectivity index (χ2n) is 3.40. The summed E-state index contributed by atoms with van der Waals surface area (Å²) >= 11 is 0. The second-order valence-corrected chi connectivity index (χ2v) is 3.40. The van der Waals surface area contributed by atoms with Crippen LogP contribution in [0.4, 0.5) is 10.5 Å². The molecule has 1 aliphatic heterocycles. The predicted octanol–water partition coefficient (Wildman–Crippen LogP) is 0.823. The van der Waals surface area contributed by atoms with Gasteiger partial charge in [-0.15, -0.1) is 0 Å². The zero-order chi connectivity index (χ0) is 9.97. The minimum Gasteiger partial charge on any atom is -0.351 e. The van der Waals surface area contributed by atoms with Crippen molar-refractivity contribution in [1.29, 1.82) is 0 Å². The molecule has 0 aromatic heterocycles. The van der Waals surface area contributed by atoms with Crippen molar-refractivity contribution in [2.24, 2.45) is 5.73 Å². The number of nitrogens with two attached hydrogens (primary N) is 1. The third-order valence-electron chi connectivity index (χ3n) is 2.36. The van der Waals surface area contributed by atoms with E-state index in [2.05, 4.69) is 10.6 Å². The highest BCUT2D eigenvalue weighted by molar-refractivity contribution is 5.87. The molecule has 0 aliphatic carbocycles. The summed E-state index contributed by atoms with van der Waals surface area (Å²) in [6, 6.07) is 5.36. The van der Waals surface area contributed by atoms with Crippen LogP contribution < -0.4 is 16.4 Å². The average Bonchev–Trinajstić information content (AvgIpc) is 2.17. The minimum atomic E-state index is -0.515. The molecular formula is C10H13N3O. The van der Waals surface area contributed by atoms with Gasteiger partial charge in [0.2, 0.25) is 0 Å². The SMILES string of the molecule is NC(=O)Nc1ccc2c(c1)CCNC2. The van der Waals surface area contributed by atoms with Crippen molar-refractivity contribution in [3.8, 4) is 0 Å². The standard InChI is InChI=1S/C10H13N3O/c11-10(14)13-9-2-1-8-6-12-4-3-7(8)5-9/h1-2,5,12H,3-4,6H2,(H3,11,13,14). The maximum absolute atomic E-state index is 10.6. The van der Waals surface area contributed by atoms with E-state index in [1.165, 1.54) is 11.1 Å². The van der Waals surface area contributed by atoms with Crippen molar-refractivity contribution in [2.75, 3.05) is 11.9 Å². The molecule has 4 nitrogen and oxygen atoms in total. The van der Waals surface area contributed by atoms with Crippen LogP contribution in [0.15, 0.2) is 18.2 Å². The number of hydrogen-bond acceptors (Lipinski definition) is 2. The van der Waals surface area contributed by atoms with Crippen molar-refractivity contribution >= 4 is 11.7 Å². The molecule has 14 heavy (non-hydrogen) atoms. The lowest BCUT2D eigenvalue weighted by molar-refractivity contribution is 0.259. The van der Waals surface area contributed by atoms with Crippen LogP contribution >= 0.6 is 0 Å². The van der Waals surface area contributed by atoms with Gasteiger partial charge < -0.3 is 16.4 Å². The van der Waals surface area contributed by atoms with E-state index in [4.69, 9.17) is 5.73 Å². The Morgan fingerprint density at radius 3 is 3.07 bits per heavy atom. The Balaban J connectivity index is 2.24. The Labute approximate surface area is 82.5 Å². The number of amides is 2. The lowest BCUT2D eigenvalue weighted by atomic mass is 10.0. The maximum Gasteiger partial charge on any atom is 0.316 e. The lowest BCUT2D eigenvalue weighted by Gasteiger charge is -2.17. The van der Waals surface area contributed by atoms with Crippen molar-refractivity contribution in [3.05, 3.63) is 29.3 Å². The Bertz CT molecular complexity index is 362. The van der Waals surface area contributed by atoms with Crippen LogP contribution in [0, 0.1) is 0 Å². The van der Waals surface area contributed by atoms with Crippen LogP contribution in [0.3, 0.4) is 0 Å². The zero-order valence-corrected chi connectivity index (χ0v) is 7.84. The van der Waals surface area contributed by atoms with Gasteiger partial charge in [-0.1, -0.05) is 6.07 Å². The molecule has 1 aromatic rings.